The average molecular weight is 336 g/mol. The van der Waals surface area contributed by atoms with Crippen LogP contribution in [0.25, 0.3) is 11.3 Å². The second-order valence-corrected chi connectivity index (χ2v) is 6.05. The second-order valence-electron chi connectivity index (χ2n) is 6.05. The van der Waals surface area contributed by atoms with Gasteiger partial charge in [0.2, 0.25) is 0 Å². The minimum absolute atomic E-state index is 0.00610. The van der Waals surface area contributed by atoms with Crippen molar-refractivity contribution < 1.29 is 9.47 Å². The van der Waals surface area contributed by atoms with Crippen LogP contribution < -0.4 is 14.8 Å². The van der Waals surface area contributed by atoms with Crippen molar-refractivity contribution in [2.24, 2.45) is 7.05 Å². The number of para-hydroxylation sites is 2. The van der Waals surface area contributed by atoms with E-state index in [0.29, 0.717) is 19.7 Å². The predicted molar refractivity (Wildman–Crippen MR) is 94.5 cm³/mol. The zero-order valence-corrected chi connectivity index (χ0v) is 14.1. The van der Waals surface area contributed by atoms with Crippen molar-refractivity contribution in [3.8, 4) is 22.8 Å². The van der Waals surface area contributed by atoms with Crippen LogP contribution in [0.4, 0.5) is 0 Å². The van der Waals surface area contributed by atoms with E-state index in [0.717, 1.165) is 28.3 Å². The van der Waals surface area contributed by atoms with Gasteiger partial charge in [-0.15, -0.1) is 0 Å². The lowest BCUT2D eigenvalue weighted by Gasteiger charge is -2.26. The van der Waals surface area contributed by atoms with Gasteiger partial charge in [0.15, 0.2) is 11.5 Å². The summed E-state index contributed by atoms with van der Waals surface area (Å²) in [5.41, 5.74) is 3.10. The highest BCUT2D eigenvalue weighted by atomic mass is 16.6. The van der Waals surface area contributed by atoms with E-state index in [1.54, 1.807) is 6.20 Å². The summed E-state index contributed by atoms with van der Waals surface area (Å²) < 4.78 is 13.5. The third kappa shape index (κ3) is 3.49. The molecule has 1 unspecified atom stereocenters. The number of pyridine rings is 1. The lowest BCUT2D eigenvalue weighted by Crippen LogP contribution is -2.38. The highest BCUT2D eigenvalue weighted by molar-refractivity contribution is 5.61. The van der Waals surface area contributed by atoms with Crippen LogP contribution in [0, 0.1) is 0 Å². The van der Waals surface area contributed by atoms with E-state index in [4.69, 9.17) is 9.47 Å². The minimum Gasteiger partial charge on any atom is -0.486 e. The number of hydrogen-bond acceptors (Lipinski definition) is 5. The molecule has 128 valence electrons. The SMILES string of the molecule is Cn1cc(CNCC2COc3ccccc3O2)c(-c2cccnc2)n1. The van der Waals surface area contributed by atoms with Gasteiger partial charge in [-0.25, -0.2) is 0 Å². The topological polar surface area (TPSA) is 61.2 Å². The highest BCUT2D eigenvalue weighted by Gasteiger charge is 2.20. The van der Waals surface area contributed by atoms with Crippen molar-refractivity contribution in [2.75, 3.05) is 13.2 Å². The Labute approximate surface area is 146 Å². The van der Waals surface area contributed by atoms with E-state index in [1.165, 1.54) is 0 Å². The normalized spacial score (nSPS) is 16.0. The van der Waals surface area contributed by atoms with Crippen LogP contribution >= 0.6 is 0 Å². The second kappa shape index (κ2) is 6.94. The fourth-order valence-electron chi connectivity index (χ4n) is 2.94. The molecule has 1 aliphatic heterocycles. The number of hydrogen-bond donors (Lipinski definition) is 1. The molecule has 0 bridgehead atoms. The van der Waals surface area contributed by atoms with Crippen LogP contribution in [0.2, 0.25) is 0 Å². The molecular weight excluding hydrogens is 316 g/mol. The molecule has 6 nitrogen and oxygen atoms in total. The van der Waals surface area contributed by atoms with E-state index in [9.17, 15) is 0 Å². The molecule has 0 saturated carbocycles. The van der Waals surface area contributed by atoms with E-state index < -0.39 is 0 Å². The number of fused-ring (bicyclic) bond motifs is 1. The maximum atomic E-state index is 5.97. The first-order valence-electron chi connectivity index (χ1n) is 8.32. The molecule has 0 spiro atoms. The zero-order valence-electron chi connectivity index (χ0n) is 14.1. The molecular formula is C19H20N4O2. The summed E-state index contributed by atoms with van der Waals surface area (Å²) in [4.78, 5) is 4.18. The Bertz CT molecular complexity index is 848. The molecule has 1 aliphatic rings. The lowest BCUT2D eigenvalue weighted by atomic mass is 10.1. The number of rotatable bonds is 5. The smallest absolute Gasteiger partial charge is 0.161 e. The van der Waals surface area contributed by atoms with Gasteiger partial charge in [-0.2, -0.15) is 5.10 Å². The molecule has 0 radical (unpaired) electrons. The summed E-state index contributed by atoms with van der Waals surface area (Å²) in [5, 5.41) is 8.00. The number of ether oxygens (including phenoxy) is 2. The van der Waals surface area contributed by atoms with Crippen LogP contribution in [0.5, 0.6) is 11.5 Å². The Kier molecular flexibility index (Phi) is 4.35. The molecule has 1 N–H and O–H groups in total. The first-order chi connectivity index (χ1) is 12.3. The van der Waals surface area contributed by atoms with Gasteiger partial charge in [-0.1, -0.05) is 12.1 Å². The van der Waals surface area contributed by atoms with E-state index >= 15 is 0 Å². The zero-order chi connectivity index (χ0) is 17.1. The Balaban J connectivity index is 1.38. The molecule has 1 atom stereocenters. The number of benzene rings is 1. The van der Waals surface area contributed by atoms with Gasteiger partial charge in [0.05, 0.1) is 5.69 Å². The molecule has 1 aromatic carbocycles. The van der Waals surface area contributed by atoms with Crippen molar-refractivity contribution >= 4 is 0 Å². The van der Waals surface area contributed by atoms with Crippen molar-refractivity contribution in [1.29, 1.82) is 0 Å². The Morgan fingerprint density at radius 1 is 1.20 bits per heavy atom. The van der Waals surface area contributed by atoms with Gasteiger partial charge < -0.3 is 14.8 Å². The van der Waals surface area contributed by atoms with Gasteiger partial charge in [-0.3, -0.25) is 9.67 Å². The fraction of sp³-hybridized carbons (Fsp3) is 0.263. The summed E-state index contributed by atoms with van der Waals surface area (Å²) in [6.07, 6.45) is 5.63. The molecule has 2 aromatic heterocycles. The van der Waals surface area contributed by atoms with Crippen molar-refractivity contribution in [3.63, 3.8) is 0 Å². The van der Waals surface area contributed by atoms with Gasteiger partial charge in [-0.05, 0) is 24.3 Å². The average Bonchev–Trinajstić information content (AvgIpc) is 3.03. The molecule has 4 rings (SSSR count). The molecule has 3 aromatic rings. The Morgan fingerprint density at radius 3 is 2.92 bits per heavy atom. The van der Waals surface area contributed by atoms with Gasteiger partial charge in [0, 0.05) is 49.9 Å². The van der Waals surface area contributed by atoms with Gasteiger partial charge in [0.25, 0.3) is 0 Å². The summed E-state index contributed by atoms with van der Waals surface area (Å²) in [6, 6.07) is 11.7. The molecule has 0 amide bonds. The molecule has 25 heavy (non-hydrogen) atoms. The van der Waals surface area contributed by atoms with Crippen LogP contribution in [0.15, 0.2) is 55.0 Å². The number of aromatic nitrogens is 3. The molecule has 0 aliphatic carbocycles. The van der Waals surface area contributed by atoms with Crippen LogP contribution in [-0.4, -0.2) is 34.0 Å². The number of nitrogens with zero attached hydrogens (tertiary/aromatic N) is 3. The maximum absolute atomic E-state index is 5.97. The number of nitrogens with one attached hydrogen (secondary N) is 1. The van der Waals surface area contributed by atoms with Crippen LogP contribution in [0.3, 0.4) is 0 Å². The quantitative estimate of drug-likeness (QED) is 0.775. The first-order valence-corrected chi connectivity index (χ1v) is 8.32. The molecule has 6 heteroatoms. The lowest BCUT2D eigenvalue weighted by molar-refractivity contribution is 0.0902. The summed E-state index contributed by atoms with van der Waals surface area (Å²) in [5.74, 6) is 1.61. The van der Waals surface area contributed by atoms with Gasteiger partial charge >= 0.3 is 0 Å². The third-order valence-electron chi connectivity index (χ3n) is 4.09. The van der Waals surface area contributed by atoms with E-state index in [2.05, 4.69) is 15.4 Å². The van der Waals surface area contributed by atoms with E-state index in [-0.39, 0.29) is 6.10 Å². The summed E-state index contributed by atoms with van der Waals surface area (Å²) in [6.45, 7) is 1.96. The first kappa shape index (κ1) is 15.7. The van der Waals surface area contributed by atoms with Crippen LogP contribution in [-0.2, 0) is 13.6 Å². The standard InChI is InChI=1S/C19H20N4O2/c1-23-12-15(19(22-23)14-5-4-8-20-9-14)10-21-11-16-13-24-17-6-2-3-7-18(17)25-16/h2-9,12,16,21H,10-11,13H2,1H3. The highest BCUT2D eigenvalue weighted by Crippen LogP contribution is 2.30. The Hall–Kier alpha value is -2.86. The Morgan fingerprint density at radius 2 is 2.08 bits per heavy atom. The summed E-state index contributed by atoms with van der Waals surface area (Å²) in [7, 11) is 1.93. The van der Waals surface area contributed by atoms with Gasteiger partial charge in [0.1, 0.15) is 12.7 Å². The third-order valence-corrected chi connectivity index (χ3v) is 4.09. The minimum atomic E-state index is -0.00610. The largest absolute Gasteiger partial charge is 0.486 e. The molecule has 0 fully saturated rings. The number of aryl methyl sites for hydroxylation is 1. The summed E-state index contributed by atoms with van der Waals surface area (Å²) >= 11 is 0. The molecule has 3 heterocycles. The predicted octanol–water partition coefficient (Wildman–Crippen LogP) is 2.41. The van der Waals surface area contributed by atoms with E-state index in [1.807, 2.05) is 60.5 Å². The van der Waals surface area contributed by atoms with Crippen molar-refractivity contribution in [2.45, 2.75) is 12.6 Å². The van der Waals surface area contributed by atoms with Crippen molar-refractivity contribution in [1.82, 2.24) is 20.1 Å². The molecule has 0 saturated heterocycles. The monoisotopic (exact) mass is 336 g/mol. The fourth-order valence-corrected chi connectivity index (χ4v) is 2.94. The van der Waals surface area contributed by atoms with Crippen molar-refractivity contribution in [3.05, 3.63) is 60.6 Å². The maximum Gasteiger partial charge on any atom is 0.161 e. The van der Waals surface area contributed by atoms with Crippen LogP contribution in [0.1, 0.15) is 5.56 Å².